The van der Waals surface area contributed by atoms with E-state index in [4.69, 9.17) is 11.6 Å². The molecule has 2 N–H and O–H groups in total. The molecule has 1 unspecified atom stereocenters. The van der Waals surface area contributed by atoms with Gasteiger partial charge in [0.15, 0.2) is 0 Å². The average Bonchev–Trinajstić information content (AvgIpc) is 2.77. The van der Waals surface area contributed by atoms with Gasteiger partial charge in [0.1, 0.15) is 9.58 Å². The first-order valence-electron chi connectivity index (χ1n) is 5.91. The van der Waals surface area contributed by atoms with Crippen LogP contribution in [-0.4, -0.2) is 32.8 Å². The van der Waals surface area contributed by atoms with Gasteiger partial charge in [-0.15, -0.1) is 11.3 Å². The van der Waals surface area contributed by atoms with Crippen molar-refractivity contribution in [3.8, 4) is 0 Å². The summed E-state index contributed by atoms with van der Waals surface area (Å²) in [5.74, 6) is -0.331. The Hall–Kier alpha value is -1.15. The number of amides is 1. The van der Waals surface area contributed by atoms with Gasteiger partial charge < -0.3 is 10.6 Å². The number of hydrogen-bond acceptors (Lipinski definition) is 5. The maximum Gasteiger partial charge on any atom is 0.235 e. The van der Waals surface area contributed by atoms with Crippen LogP contribution in [0.4, 0.5) is 0 Å². The molecule has 2 heterocycles. The molecule has 0 radical (unpaired) electrons. The molecule has 0 bridgehead atoms. The standard InChI is InChI=1S/C12H11ClN2O3S2/c13-11-7-3-1-2-4-8(7)19-12(11)20(17,18)10-6-14-5-9(16)15-10/h1-4,10,14H,5-6H2,(H,15,16). The van der Waals surface area contributed by atoms with Crippen molar-refractivity contribution in [2.24, 2.45) is 0 Å². The summed E-state index contributed by atoms with van der Waals surface area (Å²) in [5, 5.41) is 5.23. The van der Waals surface area contributed by atoms with Gasteiger partial charge in [0.2, 0.25) is 15.7 Å². The molecule has 106 valence electrons. The Labute approximate surface area is 124 Å². The van der Waals surface area contributed by atoms with Gasteiger partial charge in [-0.1, -0.05) is 29.8 Å². The SMILES string of the molecule is O=C1CNCC(S(=O)(=O)c2sc3ccccc3c2Cl)N1. The van der Waals surface area contributed by atoms with Crippen molar-refractivity contribution in [2.45, 2.75) is 9.58 Å². The lowest BCUT2D eigenvalue weighted by Crippen LogP contribution is -2.55. The van der Waals surface area contributed by atoms with Crippen molar-refractivity contribution in [1.82, 2.24) is 10.6 Å². The summed E-state index contributed by atoms with van der Waals surface area (Å²) in [5.41, 5.74) is 0. The molecule has 1 fully saturated rings. The molecule has 0 aliphatic carbocycles. The lowest BCUT2D eigenvalue weighted by molar-refractivity contribution is -0.121. The van der Waals surface area contributed by atoms with Gasteiger partial charge in [0, 0.05) is 16.6 Å². The number of piperazine rings is 1. The summed E-state index contributed by atoms with van der Waals surface area (Å²) in [6.45, 7) is 0.310. The molecule has 20 heavy (non-hydrogen) atoms. The summed E-state index contributed by atoms with van der Waals surface area (Å²) >= 11 is 7.32. The van der Waals surface area contributed by atoms with Crippen LogP contribution >= 0.6 is 22.9 Å². The molecule has 0 spiro atoms. The molecule has 2 aromatic rings. The van der Waals surface area contributed by atoms with Crippen molar-refractivity contribution in [3.05, 3.63) is 29.3 Å². The largest absolute Gasteiger partial charge is 0.337 e. The molecule has 5 nitrogen and oxygen atoms in total. The highest BCUT2D eigenvalue weighted by molar-refractivity contribution is 7.94. The van der Waals surface area contributed by atoms with Gasteiger partial charge in [-0.25, -0.2) is 8.42 Å². The number of benzene rings is 1. The highest BCUT2D eigenvalue weighted by Crippen LogP contribution is 2.39. The second-order valence-electron chi connectivity index (χ2n) is 4.43. The van der Waals surface area contributed by atoms with Crippen LogP contribution in [0.15, 0.2) is 28.5 Å². The quantitative estimate of drug-likeness (QED) is 0.872. The first-order chi connectivity index (χ1) is 9.50. The van der Waals surface area contributed by atoms with Crippen LogP contribution in [0.3, 0.4) is 0 Å². The number of sulfone groups is 1. The van der Waals surface area contributed by atoms with Crippen molar-refractivity contribution in [1.29, 1.82) is 0 Å². The zero-order chi connectivity index (χ0) is 14.3. The monoisotopic (exact) mass is 330 g/mol. The minimum absolute atomic E-state index is 0.106. The number of nitrogens with one attached hydrogen (secondary N) is 2. The van der Waals surface area contributed by atoms with E-state index < -0.39 is 15.2 Å². The number of carbonyl (C=O) groups is 1. The van der Waals surface area contributed by atoms with Crippen LogP contribution in [0.25, 0.3) is 10.1 Å². The van der Waals surface area contributed by atoms with E-state index in [1.807, 2.05) is 12.1 Å². The number of carbonyl (C=O) groups excluding carboxylic acids is 1. The van der Waals surface area contributed by atoms with Crippen LogP contribution < -0.4 is 10.6 Å². The molecule has 1 aromatic heterocycles. The van der Waals surface area contributed by atoms with Gasteiger partial charge in [-0.2, -0.15) is 0 Å². The van der Waals surface area contributed by atoms with Crippen LogP contribution in [0.1, 0.15) is 0 Å². The zero-order valence-electron chi connectivity index (χ0n) is 10.2. The molecule has 1 amide bonds. The maximum atomic E-state index is 12.6. The third-order valence-corrected chi connectivity index (χ3v) is 7.36. The Bertz CT molecular complexity index is 785. The fourth-order valence-corrected chi connectivity index (χ4v) is 5.90. The zero-order valence-corrected chi connectivity index (χ0v) is 12.6. The van der Waals surface area contributed by atoms with Gasteiger partial charge in [-0.3, -0.25) is 4.79 Å². The van der Waals surface area contributed by atoms with Crippen molar-refractivity contribution in [3.63, 3.8) is 0 Å². The van der Waals surface area contributed by atoms with Gasteiger partial charge in [0.25, 0.3) is 0 Å². The molecule has 3 rings (SSSR count). The predicted molar refractivity (Wildman–Crippen MR) is 78.8 cm³/mol. The minimum Gasteiger partial charge on any atom is -0.337 e. The lowest BCUT2D eigenvalue weighted by atomic mass is 10.3. The van der Waals surface area contributed by atoms with Crippen LogP contribution in [-0.2, 0) is 14.6 Å². The smallest absolute Gasteiger partial charge is 0.235 e. The number of halogens is 1. The Morgan fingerprint density at radius 2 is 2.05 bits per heavy atom. The maximum absolute atomic E-state index is 12.6. The fourth-order valence-electron chi connectivity index (χ4n) is 2.09. The normalized spacial score (nSPS) is 20.1. The summed E-state index contributed by atoms with van der Waals surface area (Å²) in [4.78, 5) is 11.3. The van der Waals surface area contributed by atoms with Crippen LogP contribution in [0.2, 0.25) is 5.02 Å². The molecule has 1 aliphatic heterocycles. The molecule has 1 saturated heterocycles. The molecule has 8 heteroatoms. The molecular weight excluding hydrogens is 320 g/mol. The Morgan fingerprint density at radius 3 is 2.75 bits per heavy atom. The Balaban J connectivity index is 2.09. The van der Waals surface area contributed by atoms with E-state index >= 15 is 0 Å². The third kappa shape index (κ3) is 2.20. The number of rotatable bonds is 2. The van der Waals surface area contributed by atoms with Crippen molar-refractivity contribution in [2.75, 3.05) is 13.1 Å². The fraction of sp³-hybridized carbons (Fsp3) is 0.250. The van der Waals surface area contributed by atoms with E-state index in [-0.39, 0.29) is 28.2 Å². The number of fused-ring (bicyclic) bond motifs is 1. The van der Waals surface area contributed by atoms with E-state index in [1.165, 1.54) is 0 Å². The van der Waals surface area contributed by atoms with E-state index in [9.17, 15) is 13.2 Å². The number of thiophene rings is 1. The Morgan fingerprint density at radius 1 is 1.30 bits per heavy atom. The molecular formula is C12H11ClN2O3S2. The molecule has 0 saturated carbocycles. The summed E-state index contributed by atoms with van der Waals surface area (Å²) in [7, 11) is -3.70. The molecule has 1 atom stereocenters. The second kappa shape index (κ2) is 5.00. The molecule has 1 aromatic carbocycles. The van der Waals surface area contributed by atoms with Gasteiger partial charge in [-0.05, 0) is 6.07 Å². The average molecular weight is 331 g/mol. The van der Waals surface area contributed by atoms with Crippen LogP contribution in [0.5, 0.6) is 0 Å². The highest BCUT2D eigenvalue weighted by Gasteiger charge is 2.34. The number of hydrogen-bond donors (Lipinski definition) is 2. The van der Waals surface area contributed by atoms with Crippen molar-refractivity contribution < 1.29 is 13.2 Å². The first-order valence-corrected chi connectivity index (χ1v) is 8.65. The Kier molecular flexibility index (Phi) is 3.45. The topological polar surface area (TPSA) is 75.3 Å². The second-order valence-corrected chi connectivity index (χ2v) is 8.19. The van der Waals surface area contributed by atoms with Crippen molar-refractivity contribution >= 4 is 48.8 Å². The summed E-state index contributed by atoms with van der Waals surface area (Å²) in [6, 6.07) is 7.24. The molecule has 1 aliphatic rings. The van der Waals surface area contributed by atoms with E-state index in [2.05, 4.69) is 10.6 Å². The van der Waals surface area contributed by atoms with Crippen LogP contribution in [0, 0.1) is 0 Å². The summed E-state index contributed by atoms with van der Waals surface area (Å²) in [6.07, 6.45) is 0. The summed E-state index contributed by atoms with van der Waals surface area (Å²) < 4.78 is 26.1. The van der Waals surface area contributed by atoms with Gasteiger partial charge >= 0.3 is 0 Å². The highest BCUT2D eigenvalue weighted by atomic mass is 35.5. The third-order valence-electron chi connectivity index (χ3n) is 3.08. The van der Waals surface area contributed by atoms with E-state index in [1.54, 1.807) is 12.1 Å². The van der Waals surface area contributed by atoms with E-state index in [0.29, 0.717) is 5.39 Å². The lowest BCUT2D eigenvalue weighted by Gasteiger charge is -2.23. The van der Waals surface area contributed by atoms with Gasteiger partial charge in [0.05, 0.1) is 11.6 Å². The van der Waals surface area contributed by atoms with E-state index in [0.717, 1.165) is 16.0 Å². The minimum atomic E-state index is -3.70. The first kappa shape index (κ1) is 13.8. The predicted octanol–water partition coefficient (Wildman–Crippen LogP) is 1.37.